The second kappa shape index (κ2) is 7.39. The van der Waals surface area contributed by atoms with Gasteiger partial charge in [0.25, 0.3) is 5.69 Å². The zero-order chi connectivity index (χ0) is 18.6. The van der Waals surface area contributed by atoms with Gasteiger partial charge < -0.3 is 15.5 Å². The Morgan fingerprint density at radius 3 is 2.32 bits per heavy atom. The summed E-state index contributed by atoms with van der Waals surface area (Å²) in [4.78, 5) is 34.6. The van der Waals surface area contributed by atoms with Crippen LogP contribution in [0.1, 0.15) is 6.92 Å². The van der Waals surface area contributed by atoms with Crippen molar-refractivity contribution in [1.29, 1.82) is 0 Å². The van der Waals surface area contributed by atoms with Crippen LogP contribution in [0.5, 0.6) is 0 Å². The van der Waals surface area contributed by atoms with Gasteiger partial charge in [0.05, 0.1) is 10.6 Å². The van der Waals surface area contributed by atoms with E-state index in [4.69, 9.17) is 0 Å². The molecule has 8 nitrogen and oxygen atoms in total. The van der Waals surface area contributed by atoms with Crippen LogP contribution in [0.15, 0.2) is 42.5 Å². The van der Waals surface area contributed by atoms with Crippen molar-refractivity contribution in [2.24, 2.45) is 0 Å². The van der Waals surface area contributed by atoms with E-state index in [0.717, 1.165) is 18.2 Å². The summed E-state index contributed by atoms with van der Waals surface area (Å²) in [7, 11) is 1.61. The van der Waals surface area contributed by atoms with Gasteiger partial charge in [0, 0.05) is 37.5 Å². The average molecular weight is 346 g/mol. The largest absolute Gasteiger partial charge is 0.323 e. The van der Waals surface area contributed by atoms with Crippen LogP contribution < -0.4 is 15.5 Å². The molecule has 3 amide bonds. The monoisotopic (exact) mass is 346 g/mol. The van der Waals surface area contributed by atoms with Gasteiger partial charge in [-0.15, -0.1) is 0 Å². The number of carbonyl (C=O) groups is 2. The molecule has 0 aliphatic heterocycles. The molecule has 0 atom stereocenters. The number of halogens is 1. The van der Waals surface area contributed by atoms with E-state index in [-0.39, 0.29) is 17.3 Å². The number of non-ortho nitro benzene ring substituents is 1. The van der Waals surface area contributed by atoms with E-state index in [2.05, 4.69) is 10.6 Å². The Morgan fingerprint density at radius 2 is 1.76 bits per heavy atom. The van der Waals surface area contributed by atoms with Crippen LogP contribution in [0.25, 0.3) is 0 Å². The molecule has 0 saturated carbocycles. The molecule has 2 aromatic rings. The van der Waals surface area contributed by atoms with Crippen LogP contribution in [0.3, 0.4) is 0 Å². The first-order valence-corrected chi connectivity index (χ1v) is 7.14. The van der Waals surface area contributed by atoms with E-state index in [1.54, 1.807) is 31.3 Å². The SMILES string of the molecule is CC(=O)N(C)c1ccc(NC(=O)Nc2cc([N+](=O)[O-])ccc2F)cc1. The van der Waals surface area contributed by atoms with Crippen molar-refractivity contribution < 1.29 is 18.9 Å². The van der Waals surface area contributed by atoms with E-state index in [9.17, 15) is 24.1 Å². The molecule has 2 rings (SSSR count). The molecular weight excluding hydrogens is 331 g/mol. The molecule has 25 heavy (non-hydrogen) atoms. The number of urea groups is 1. The molecular formula is C16H15FN4O4. The lowest BCUT2D eigenvalue weighted by Crippen LogP contribution is -2.23. The molecule has 0 saturated heterocycles. The predicted molar refractivity (Wildman–Crippen MR) is 91.2 cm³/mol. The minimum Gasteiger partial charge on any atom is -0.316 e. The Morgan fingerprint density at radius 1 is 1.12 bits per heavy atom. The van der Waals surface area contributed by atoms with E-state index in [1.807, 2.05) is 0 Å². The van der Waals surface area contributed by atoms with Gasteiger partial charge in [-0.1, -0.05) is 0 Å². The van der Waals surface area contributed by atoms with E-state index < -0.39 is 16.8 Å². The summed E-state index contributed by atoms with van der Waals surface area (Å²) in [5, 5.41) is 15.4. The molecule has 9 heteroatoms. The molecule has 0 fully saturated rings. The van der Waals surface area contributed by atoms with Crippen LogP contribution in [-0.4, -0.2) is 23.9 Å². The maximum absolute atomic E-state index is 13.6. The smallest absolute Gasteiger partial charge is 0.316 e. The Hall–Kier alpha value is -3.49. The van der Waals surface area contributed by atoms with Crippen molar-refractivity contribution in [2.75, 3.05) is 22.6 Å². The second-order valence-corrected chi connectivity index (χ2v) is 5.13. The summed E-state index contributed by atoms with van der Waals surface area (Å²) in [5.41, 5.74) is 0.403. The maximum atomic E-state index is 13.6. The normalized spacial score (nSPS) is 10.0. The topological polar surface area (TPSA) is 105 Å². The average Bonchev–Trinajstić information content (AvgIpc) is 2.56. The van der Waals surface area contributed by atoms with Crippen LogP contribution in [0.4, 0.5) is 31.9 Å². The standard InChI is InChI=1S/C16H15FN4O4/c1-10(22)20(2)12-5-3-11(4-6-12)18-16(23)19-15-9-13(21(24)25)7-8-14(15)17/h3-9H,1-2H3,(H2,18,19,23). The number of nitrogens with one attached hydrogen (secondary N) is 2. The Labute approximate surface area is 142 Å². The lowest BCUT2D eigenvalue weighted by Gasteiger charge is -2.15. The third-order valence-electron chi connectivity index (χ3n) is 3.39. The summed E-state index contributed by atoms with van der Waals surface area (Å²) in [5.74, 6) is -0.932. The fourth-order valence-electron chi connectivity index (χ4n) is 1.96. The van der Waals surface area contributed by atoms with Crippen molar-refractivity contribution in [1.82, 2.24) is 0 Å². The molecule has 130 valence electrons. The number of carbonyl (C=O) groups excluding carboxylic acids is 2. The lowest BCUT2D eigenvalue weighted by molar-refractivity contribution is -0.384. The van der Waals surface area contributed by atoms with Crippen molar-refractivity contribution in [2.45, 2.75) is 6.92 Å². The molecule has 2 aromatic carbocycles. The van der Waals surface area contributed by atoms with Gasteiger partial charge in [-0.3, -0.25) is 14.9 Å². The van der Waals surface area contributed by atoms with Crippen molar-refractivity contribution in [3.63, 3.8) is 0 Å². The highest BCUT2D eigenvalue weighted by atomic mass is 19.1. The van der Waals surface area contributed by atoms with Gasteiger partial charge in [0.2, 0.25) is 5.91 Å². The molecule has 0 aromatic heterocycles. The molecule has 2 N–H and O–H groups in total. The highest BCUT2D eigenvalue weighted by molar-refractivity contribution is 6.00. The number of hydrogen-bond acceptors (Lipinski definition) is 4. The Balaban J connectivity index is 2.07. The minimum atomic E-state index is -0.792. The fourth-order valence-corrected chi connectivity index (χ4v) is 1.96. The molecule has 0 aliphatic rings. The van der Waals surface area contributed by atoms with Crippen LogP contribution in [0, 0.1) is 15.9 Å². The molecule has 0 heterocycles. The van der Waals surface area contributed by atoms with Crippen molar-refractivity contribution >= 4 is 34.7 Å². The highest BCUT2D eigenvalue weighted by Gasteiger charge is 2.13. The highest BCUT2D eigenvalue weighted by Crippen LogP contribution is 2.22. The molecule has 0 spiro atoms. The van der Waals surface area contributed by atoms with Gasteiger partial charge in [0.1, 0.15) is 5.82 Å². The van der Waals surface area contributed by atoms with E-state index >= 15 is 0 Å². The first-order valence-electron chi connectivity index (χ1n) is 7.14. The Kier molecular flexibility index (Phi) is 5.28. The zero-order valence-electron chi connectivity index (χ0n) is 13.4. The minimum absolute atomic E-state index is 0.139. The van der Waals surface area contributed by atoms with Gasteiger partial charge in [-0.05, 0) is 30.3 Å². The van der Waals surface area contributed by atoms with Gasteiger partial charge in [-0.2, -0.15) is 0 Å². The van der Waals surface area contributed by atoms with Crippen molar-refractivity contribution in [3.8, 4) is 0 Å². The quantitative estimate of drug-likeness (QED) is 0.654. The number of benzene rings is 2. The number of amides is 3. The number of nitro groups is 1. The predicted octanol–water partition coefficient (Wildman–Crippen LogP) is 3.36. The third-order valence-corrected chi connectivity index (χ3v) is 3.39. The first-order chi connectivity index (χ1) is 11.8. The summed E-state index contributed by atoms with van der Waals surface area (Å²) in [6, 6.07) is 8.47. The number of rotatable bonds is 4. The van der Waals surface area contributed by atoms with E-state index in [0.29, 0.717) is 11.4 Å². The zero-order valence-corrected chi connectivity index (χ0v) is 13.4. The number of nitro benzene ring substituents is 1. The van der Waals surface area contributed by atoms with E-state index in [1.165, 1.54) is 11.8 Å². The van der Waals surface area contributed by atoms with Crippen LogP contribution >= 0.6 is 0 Å². The van der Waals surface area contributed by atoms with Gasteiger partial charge >= 0.3 is 6.03 Å². The summed E-state index contributed by atoms with van der Waals surface area (Å²) in [6.45, 7) is 1.42. The van der Waals surface area contributed by atoms with Gasteiger partial charge in [-0.25, -0.2) is 9.18 Å². The summed E-state index contributed by atoms with van der Waals surface area (Å²) >= 11 is 0. The molecule has 0 radical (unpaired) electrons. The summed E-state index contributed by atoms with van der Waals surface area (Å²) in [6.07, 6.45) is 0. The van der Waals surface area contributed by atoms with Crippen LogP contribution in [0.2, 0.25) is 0 Å². The summed E-state index contributed by atoms with van der Waals surface area (Å²) < 4.78 is 13.6. The first kappa shape index (κ1) is 17.9. The molecule has 0 unspecified atom stereocenters. The molecule has 0 bridgehead atoms. The Bertz CT molecular complexity index is 823. The number of hydrogen-bond donors (Lipinski definition) is 2. The number of nitrogens with zero attached hydrogens (tertiary/aromatic N) is 2. The second-order valence-electron chi connectivity index (χ2n) is 5.13. The number of anilines is 3. The third kappa shape index (κ3) is 4.50. The maximum Gasteiger partial charge on any atom is 0.323 e. The lowest BCUT2D eigenvalue weighted by atomic mass is 10.2. The van der Waals surface area contributed by atoms with Gasteiger partial charge in [0.15, 0.2) is 0 Å². The van der Waals surface area contributed by atoms with Crippen molar-refractivity contribution in [3.05, 3.63) is 58.4 Å². The fraction of sp³-hybridized carbons (Fsp3) is 0.125. The molecule has 0 aliphatic carbocycles. The van der Waals surface area contributed by atoms with Crippen LogP contribution in [-0.2, 0) is 4.79 Å².